The summed E-state index contributed by atoms with van der Waals surface area (Å²) in [7, 11) is 1.60. The van der Waals surface area contributed by atoms with E-state index in [2.05, 4.69) is 15.0 Å². The molecule has 2 aromatic heterocycles. The summed E-state index contributed by atoms with van der Waals surface area (Å²) in [4.78, 5) is 12.5. The Morgan fingerprint density at radius 3 is 2.78 bits per heavy atom. The molecule has 0 aliphatic rings. The van der Waals surface area contributed by atoms with Gasteiger partial charge in [-0.3, -0.25) is 4.98 Å². The first-order valence-electron chi connectivity index (χ1n) is 5.37. The van der Waals surface area contributed by atoms with Crippen LogP contribution in [0.1, 0.15) is 0 Å². The Balaban J connectivity index is 2.15. The largest absolute Gasteiger partial charge is 0.486 e. The predicted molar refractivity (Wildman–Crippen MR) is 67.6 cm³/mol. The molecular formula is C12H12ClN3O2. The van der Waals surface area contributed by atoms with Crippen LogP contribution in [-0.2, 0) is 4.74 Å². The van der Waals surface area contributed by atoms with Gasteiger partial charge >= 0.3 is 0 Å². The molecule has 6 heteroatoms. The molecule has 0 saturated carbocycles. The maximum Gasteiger partial charge on any atom is 0.179 e. The van der Waals surface area contributed by atoms with Crippen molar-refractivity contribution in [2.24, 2.45) is 0 Å². The fourth-order valence-corrected chi connectivity index (χ4v) is 1.48. The minimum Gasteiger partial charge on any atom is -0.486 e. The molecule has 0 saturated heterocycles. The second-order valence-electron chi connectivity index (χ2n) is 3.40. The number of hydrogen-bond acceptors (Lipinski definition) is 5. The molecule has 2 rings (SSSR count). The molecule has 0 amide bonds. The maximum atomic E-state index is 6.01. The fraction of sp³-hybridized carbons (Fsp3) is 0.250. The van der Waals surface area contributed by atoms with Crippen molar-refractivity contribution in [3.05, 3.63) is 35.7 Å². The fourth-order valence-electron chi connectivity index (χ4n) is 1.30. The molecular weight excluding hydrogens is 254 g/mol. The van der Waals surface area contributed by atoms with E-state index >= 15 is 0 Å². The number of methoxy groups -OCH3 is 1. The number of halogens is 1. The third-order valence-electron chi connectivity index (χ3n) is 2.15. The van der Waals surface area contributed by atoms with Crippen LogP contribution >= 0.6 is 11.6 Å². The van der Waals surface area contributed by atoms with Crippen LogP contribution in [0.4, 0.5) is 0 Å². The lowest BCUT2D eigenvalue weighted by Crippen LogP contribution is -2.05. The van der Waals surface area contributed by atoms with E-state index in [-0.39, 0.29) is 5.15 Å². The quantitative estimate of drug-likeness (QED) is 0.613. The van der Waals surface area contributed by atoms with Crippen LogP contribution in [-0.4, -0.2) is 35.3 Å². The van der Waals surface area contributed by atoms with Crippen molar-refractivity contribution >= 4 is 11.6 Å². The van der Waals surface area contributed by atoms with Crippen LogP contribution in [0.3, 0.4) is 0 Å². The first-order valence-corrected chi connectivity index (χ1v) is 5.74. The third-order valence-corrected chi connectivity index (χ3v) is 2.42. The van der Waals surface area contributed by atoms with E-state index in [0.29, 0.717) is 30.5 Å². The van der Waals surface area contributed by atoms with E-state index in [4.69, 9.17) is 21.1 Å². The highest BCUT2D eigenvalue weighted by Crippen LogP contribution is 2.23. The van der Waals surface area contributed by atoms with Crippen molar-refractivity contribution in [2.45, 2.75) is 0 Å². The molecule has 2 heterocycles. The number of nitrogens with zero attached hydrogens (tertiary/aromatic N) is 3. The molecule has 0 aliphatic heterocycles. The summed E-state index contributed by atoms with van der Waals surface area (Å²) in [6.07, 6.45) is 3.21. The third kappa shape index (κ3) is 3.15. The summed E-state index contributed by atoms with van der Waals surface area (Å²) in [5.41, 5.74) is 0.669. The summed E-state index contributed by atoms with van der Waals surface area (Å²) >= 11 is 6.01. The Morgan fingerprint density at radius 2 is 2.11 bits per heavy atom. The minimum absolute atomic E-state index is 0.266. The smallest absolute Gasteiger partial charge is 0.179 e. The van der Waals surface area contributed by atoms with E-state index in [1.807, 2.05) is 18.2 Å². The van der Waals surface area contributed by atoms with Gasteiger partial charge in [0.05, 0.1) is 12.8 Å². The van der Waals surface area contributed by atoms with Crippen molar-refractivity contribution in [3.8, 4) is 17.3 Å². The highest BCUT2D eigenvalue weighted by Gasteiger charge is 2.08. The summed E-state index contributed by atoms with van der Waals surface area (Å²) < 4.78 is 10.2. The SMILES string of the molecule is COCCOc1cnc(-c2ccccn2)nc1Cl. The van der Waals surface area contributed by atoms with Crippen LogP contribution in [0.25, 0.3) is 11.5 Å². The van der Waals surface area contributed by atoms with Crippen molar-refractivity contribution < 1.29 is 9.47 Å². The van der Waals surface area contributed by atoms with E-state index in [9.17, 15) is 0 Å². The first kappa shape index (κ1) is 12.7. The summed E-state index contributed by atoms with van der Waals surface area (Å²) in [5, 5.41) is 0.266. The lowest BCUT2D eigenvalue weighted by molar-refractivity contribution is 0.146. The summed E-state index contributed by atoms with van der Waals surface area (Å²) in [6, 6.07) is 5.51. The zero-order valence-electron chi connectivity index (χ0n) is 9.84. The van der Waals surface area contributed by atoms with Crippen LogP contribution in [0, 0.1) is 0 Å². The molecule has 0 radical (unpaired) electrons. The summed E-state index contributed by atoms with van der Waals surface area (Å²) in [5.74, 6) is 0.910. The van der Waals surface area contributed by atoms with Gasteiger partial charge in [-0.05, 0) is 12.1 Å². The lowest BCUT2D eigenvalue weighted by Gasteiger charge is -2.07. The molecule has 0 bridgehead atoms. The van der Waals surface area contributed by atoms with E-state index in [1.165, 1.54) is 6.20 Å². The normalized spacial score (nSPS) is 10.3. The molecule has 0 aliphatic carbocycles. The molecule has 18 heavy (non-hydrogen) atoms. The Bertz CT molecular complexity index is 508. The monoisotopic (exact) mass is 265 g/mol. The standard InChI is InChI=1S/C12H12ClN3O2/c1-17-6-7-18-10-8-15-12(16-11(10)13)9-4-2-3-5-14-9/h2-5,8H,6-7H2,1H3. The molecule has 2 aromatic rings. The van der Waals surface area contributed by atoms with Gasteiger partial charge in [0.25, 0.3) is 0 Å². The molecule has 0 N–H and O–H groups in total. The highest BCUT2D eigenvalue weighted by atomic mass is 35.5. The number of rotatable bonds is 5. The topological polar surface area (TPSA) is 57.1 Å². The van der Waals surface area contributed by atoms with Gasteiger partial charge in [0.2, 0.25) is 0 Å². The van der Waals surface area contributed by atoms with Crippen LogP contribution < -0.4 is 4.74 Å². The highest BCUT2D eigenvalue weighted by molar-refractivity contribution is 6.30. The molecule has 0 atom stereocenters. The predicted octanol–water partition coefficient (Wildman–Crippen LogP) is 2.22. The van der Waals surface area contributed by atoms with E-state index in [1.54, 1.807) is 13.3 Å². The zero-order chi connectivity index (χ0) is 12.8. The average Bonchev–Trinajstić information content (AvgIpc) is 2.42. The van der Waals surface area contributed by atoms with Gasteiger partial charge in [-0.1, -0.05) is 17.7 Å². The van der Waals surface area contributed by atoms with E-state index in [0.717, 1.165) is 0 Å². The second-order valence-corrected chi connectivity index (χ2v) is 3.76. The van der Waals surface area contributed by atoms with Crippen molar-refractivity contribution in [1.29, 1.82) is 0 Å². The van der Waals surface area contributed by atoms with Crippen LogP contribution in [0.2, 0.25) is 5.15 Å². The Kier molecular flexibility index (Phi) is 4.44. The number of ether oxygens (including phenoxy) is 2. The Hall–Kier alpha value is -1.72. The number of hydrogen-bond donors (Lipinski definition) is 0. The number of pyridine rings is 1. The molecule has 0 spiro atoms. The Labute approximate surface area is 110 Å². The Morgan fingerprint density at radius 1 is 1.22 bits per heavy atom. The van der Waals surface area contributed by atoms with Gasteiger partial charge in [-0.15, -0.1) is 0 Å². The lowest BCUT2D eigenvalue weighted by atomic mass is 10.3. The van der Waals surface area contributed by atoms with Gasteiger partial charge in [0, 0.05) is 13.3 Å². The molecule has 0 aromatic carbocycles. The average molecular weight is 266 g/mol. The first-order chi connectivity index (χ1) is 8.81. The molecule has 5 nitrogen and oxygen atoms in total. The van der Waals surface area contributed by atoms with Crippen molar-refractivity contribution in [3.63, 3.8) is 0 Å². The van der Waals surface area contributed by atoms with Gasteiger partial charge < -0.3 is 9.47 Å². The molecule has 0 fully saturated rings. The van der Waals surface area contributed by atoms with Gasteiger partial charge in [-0.2, -0.15) is 0 Å². The van der Waals surface area contributed by atoms with Gasteiger partial charge in [0.1, 0.15) is 12.3 Å². The molecule has 0 unspecified atom stereocenters. The van der Waals surface area contributed by atoms with Crippen LogP contribution in [0.15, 0.2) is 30.6 Å². The second kappa shape index (κ2) is 6.28. The van der Waals surface area contributed by atoms with Crippen molar-refractivity contribution in [1.82, 2.24) is 15.0 Å². The van der Waals surface area contributed by atoms with Crippen LogP contribution in [0.5, 0.6) is 5.75 Å². The van der Waals surface area contributed by atoms with Gasteiger partial charge in [0.15, 0.2) is 16.7 Å². The minimum atomic E-state index is 0.266. The van der Waals surface area contributed by atoms with E-state index < -0.39 is 0 Å². The van der Waals surface area contributed by atoms with Crippen molar-refractivity contribution in [2.75, 3.05) is 20.3 Å². The maximum absolute atomic E-state index is 6.01. The molecule has 94 valence electrons. The summed E-state index contributed by atoms with van der Waals surface area (Å²) in [6.45, 7) is 0.890. The zero-order valence-corrected chi connectivity index (χ0v) is 10.6. The number of aromatic nitrogens is 3. The van der Waals surface area contributed by atoms with Gasteiger partial charge in [-0.25, -0.2) is 9.97 Å².